The van der Waals surface area contributed by atoms with Gasteiger partial charge in [-0.15, -0.1) is 13.2 Å². The van der Waals surface area contributed by atoms with Crippen molar-refractivity contribution in [3.05, 3.63) is 104 Å². The van der Waals surface area contributed by atoms with Gasteiger partial charge in [0.2, 0.25) is 11.8 Å². The van der Waals surface area contributed by atoms with Gasteiger partial charge < -0.3 is 29.7 Å². The molecule has 3 fully saturated rings. The molecular formula is C40H44BrN3O7. The normalized spacial score (nSPS) is 26.6. The zero-order valence-corrected chi connectivity index (χ0v) is 30.4. The maximum absolute atomic E-state index is 14.9. The van der Waals surface area contributed by atoms with Gasteiger partial charge in [0.15, 0.2) is 0 Å². The maximum Gasteiger partial charge on any atom is 0.313 e. The van der Waals surface area contributed by atoms with E-state index in [2.05, 4.69) is 34.4 Å². The molecule has 3 aliphatic rings. The molecule has 0 radical (unpaired) electrons. The molecule has 9 atom stereocenters. The Kier molecular flexibility index (Phi) is 10.8. The first kappa shape index (κ1) is 36.5. The van der Waals surface area contributed by atoms with Crippen molar-refractivity contribution in [3.8, 4) is 0 Å². The van der Waals surface area contributed by atoms with E-state index >= 15 is 0 Å². The molecule has 6 rings (SSSR count). The highest BCUT2D eigenvalue weighted by Gasteiger charge is 2.77. The number of aliphatic hydroxyl groups is 1. The Bertz CT molecular complexity index is 1820. The van der Waals surface area contributed by atoms with Crippen LogP contribution in [0.2, 0.25) is 0 Å². The summed E-state index contributed by atoms with van der Waals surface area (Å²) >= 11 is 3.72. The van der Waals surface area contributed by atoms with E-state index in [4.69, 9.17) is 9.47 Å². The number of fused-ring (bicyclic) bond motifs is 2. The van der Waals surface area contributed by atoms with Crippen molar-refractivity contribution in [1.29, 1.82) is 0 Å². The van der Waals surface area contributed by atoms with E-state index in [1.54, 1.807) is 30.9 Å². The molecule has 0 aliphatic carbocycles. The fourth-order valence-corrected chi connectivity index (χ4v) is 9.01. The third kappa shape index (κ3) is 6.63. The number of halogens is 1. The van der Waals surface area contributed by atoms with Crippen molar-refractivity contribution in [2.24, 2.45) is 11.8 Å². The lowest BCUT2D eigenvalue weighted by molar-refractivity contribution is -0.162. The number of ether oxygens (including phenoxy) is 2. The molecule has 0 aromatic heterocycles. The predicted molar refractivity (Wildman–Crippen MR) is 198 cm³/mol. The second kappa shape index (κ2) is 15.1. The average molecular weight is 759 g/mol. The molecule has 51 heavy (non-hydrogen) atoms. The van der Waals surface area contributed by atoms with Crippen LogP contribution in [0.3, 0.4) is 0 Å². The number of amides is 3. The number of benzene rings is 3. The number of likely N-dealkylation sites (tertiary alicyclic amines) is 1. The Morgan fingerprint density at radius 3 is 2.47 bits per heavy atom. The fourth-order valence-electron chi connectivity index (χ4n) is 8.06. The molecule has 3 aromatic rings. The smallest absolute Gasteiger partial charge is 0.313 e. The number of nitrogens with one attached hydrogen (secondary N) is 1. The van der Waals surface area contributed by atoms with Crippen LogP contribution in [0, 0.1) is 11.8 Å². The molecule has 2 N–H and O–H groups in total. The molecule has 268 valence electrons. The molecule has 1 unspecified atom stereocenters. The number of allylic oxidation sites excluding steroid dienone is 1. The van der Waals surface area contributed by atoms with E-state index in [0.717, 1.165) is 10.8 Å². The van der Waals surface area contributed by atoms with Gasteiger partial charge in [0.1, 0.15) is 17.7 Å². The Morgan fingerprint density at radius 2 is 1.78 bits per heavy atom. The van der Waals surface area contributed by atoms with Crippen LogP contribution in [0.1, 0.15) is 44.8 Å². The number of hydrogen-bond donors (Lipinski definition) is 2. The van der Waals surface area contributed by atoms with Crippen molar-refractivity contribution < 1.29 is 33.8 Å². The van der Waals surface area contributed by atoms with Crippen LogP contribution in [-0.2, 0) is 28.7 Å². The molecule has 0 saturated carbocycles. The molecule has 2 bridgehead atoms. The molecule has 3 heterocycles. The lowest BCUT2D eigenvalue weighted by Crippen LogP contribution is -2.58. The van der Waals surface area contributed by atoms with Gasteiger partial charge in [-0.25, -0.2) is 0 Å². The summed E-state index contributed by atoms with van der Waals surface area (Å²) in [6, 6.07) is 20.2. The lowest BCUT2D eigenvalue weighted by Gasteiger charge is -2.38. The molecule has 3 aliphatic heterocycles. The van der Waals surface area contributed by atoms with Crippen LogP contribution in [-0.4, -0.2) is 81.5 Å². The first-order valence-electron chi connectivity index (χ1n) is 17.4. The van der Waals surface area contributed by atoms with E-state index in [0.29, 0.717) is 24.1 Å². The van der Waals surface area contributed by atoms with Gasteiger partial charge in [0.25, 0.3) is 5.91 Å². The number of carbonyl (C=O) groups excluding carboxylic acids is 4. The van der Waals surface area contributed by atoms with E-state index in [1.165, 1.54) is 4.90 Å². The minimum Gasteiger partial charge on any atom is -0.455 e. The van der Waals surface area contributed by atoms with Gasteiger partial charge in [-0.3, -0.25) is 19.2 Å². The summed E-state index contributed by atoms with van der Waals surface area (Å²) in [5.41, 5.74) is -0.0760. The topological polar surface area (TPSA) is 125 Å². The van der Waals surface area contributed by atoms with Gasteiger partial charge in [0, 0.05) is 23.5 Å². The second-order valence-corrected chi connectivity index (χ2v) is 14.8. The minimum absolute atomic E-state index is 0.158. The Hall–Kier alpha value is -4.32. The quantitative estimate of drug-likeness (QED) is 0.131. The van der Waals surface area contributed by atoms with Gasteiger partial charge in [-0.1, -0.05) is 88.7 Å². The summed E-state index contributed by atoms with van der Waals surface area (Å²) in [5, 5.41) is 15.3. The summed E-state index contributed by atoms with van der Waals surface area (Å²) in [4.78, 5) is 59.3. The van der Waals surface area contributed by atoms with Crippen molar-refractivity contribution in [1.82, 2.24) is 10.2 Å². The number of aliphatic hydroxyl groups excluding tert-OH is 1. The number of hydrogen-bond acceptors (Lipinski definition) is 7. The highest BCUT2D eigenvalue weighted by atomic mass is 79.9. The Labute approximate surface area is 306 Å². The van der Waals surface area contributed by atoms with E-state index in [1.807, 2.05) is 72.8 Å². The highest BCUT2D eigenvalue weighted by molar-refractivity contribution is 9.09. The first-order chi connectivity index (χ1) is 24.6. The summed E-state index contributed by atoms with van der Waals surface area (Å²) in [7, 11) is 0. The zero-order chi connectivity index (χ0) is 36.4. The van der Waals surface area contributed by atoms with Crippen molar-refractivity contribution in [2.45, 2.75) is 73.9 Å². The average Bonchev–Trinajstić information content (AvgIpc) is 3.74. The first-order valence-corrected chi connectivity index (χ1v) is 18.3. The number of nitrogens with zero attached hydrogens (tertiary/aromatic N) is 2. The van der Waals surface area contributed by atoms with Gasteiger partial charge >= 0.3 is 5.97 Å². The largest absolute Gasteiger partial charge is 0.455 e. The molecule has 1 spiro atoms. The lowest BCUT2D eigenvalue weighted by atomic mass is 9.70. The number of rotatable bonds is 14. The van der Waals surface area contributed by atoms with Gasteiger partial charge in [0.05, 0.1) is 36.6 Å². The van der Waals surface area contributed by atoms with Crippen LogP contribution >= 0.6 is 15.9 Å². The Morgan fingerprint density at radius 1 is 1.08 bits per heavy atom. The molecule has 3 aromatic carbocycles. The standard InChI is InChI=1S/C40H44BrN3O7/c1-5-7-17-31(46)42-25(4)34(27-14-9-8-10-15-27)50-39(49)32-33-37(47)44(24(3)23-45)36(40(33)22-30(41)35(32)51-40)38(48)43(20-6-2)29-19-18-26-13-11-12-16-28(26)21-29/h5-6,8-16,18-19,21,24-25,30,32-36,45H,1-2,7,17,20,22-23H2,3-4H3,(H,42,46)/t24-,25+,30?,32-,33+,34+,35-,36-,40+/m1/s1. The monoisotopic (exact) mass is 757 g/mol. The van der Waals surface area contributed by atoms with Crippen LogP contribution < -0.4 is 10.2 Å². The third-order valence-electron chi connectivity index (χ3n) is 10.4. The summed E-state index contributed by atoms with van der Waals surface area (Å²) < 4.78 is 13.0. The highest BCUT2D eigenvalue weighted by Crippen LogP contribution is 2.61. The van der Waals surface area contributed by atoms with E-state index < -0.39 is 72.2 Å². The fraction of sp³-hybridized carbons (Fsp3) is 0.400. The van der Waals surface area contributed by atoms with Crippen molar-refractivity contribution in [2.75, 3.05) is 18.1 Å². The van der Waals surface area contributed by atoms with Crippen molar-refractivity contribution >= 4 is 56.1 Å². The predicted octanol–water partition coefficient (Wildman–Crippen LogP) is 5.24. The summed E-state index contributed by atoms with van der Waals surface area (Å²) in [5.74, 6) is -3.80. The molecular weight excluding hydrogens is 714 g/mol. The number of alkyl halides is 1. The third-order valence-corrected chi connectivity index (χ3v) is 11.2. The molecule has 3 saturated heterocycles. The maximum atomic E-state index is 14.9. The summed E-state index contributed by atoms with van der Waals surface area (Å²) in [6.45, 7) is 10.8. The SMILES string of the molecule is C=CCCC(=O)N[C@@H](C)[C@H](OC(=O)[C@H]1[C@@H]2O[C@@]3(CC2Br)[C@@H]1C(=O)N([C@H](C)CO)[C@@H]3C(=O)N(CC=C)c1ccc2ccccc2c1)c1ccccc1. The van der Waals surface area contributed by atoms with E-state index in [9.17, 15) is 24.3 Å². The summed E-state index contributed by atoms with van der Waals surface area (Å²) in [6.07, 6.45) is 2.70. The van der Waals surface area contributed by atoms with Gasteiger partial charge in [-0.05, 0) is 55.2 Å². The minimum atomic E-state index is -1.37. The number of esters is 1. The van der Waals surface area contributed by atoms with Crippen LogP contribution in [0.15, 0.2) is 98.1 Å². The molecule has 11 heteroatoms. The number of anilines is 1. The molecule has 10 nitrogen and oxygen atoms in total. The van der Waals surface area contributed by atoms with Crippen LogP contribution in [0.25, 0.3) is 10.8 Å². The second-order valence-electron chi connectivity index (χ2n) is 13.7. The van der Waals surface area contributed by atoms with Crippen LogP contribution in [0.4, 0.5) is 5.69 Å². The van der Waals surface area contributed by atoms with Gasteiger partial charge in [-0.2, -0.15) is 0 Å². The zero-order valence-electron chi connectivity index (χ0n) is 28.8. The Balaban J connectivity index is 1.36. The van der Waals surface area contributed by atoms with Crippen molar-refractivity contribution in [3.63, 3.8) is 0 Å². The molecule has 3 amide bonds. The number of carbonyl (C=O) groups is 4. The van der Waals surface area contributed by atoms with Crippen LogP contribution in [0.5, 0.6) is 0 Å². The van der Waals surface area contributed by atoms with E-state index in [-0.39, 0.29) is 23.7 Å².